The summed E-state index contributed by atoms with van der Waals surface area (Å²) in [4.78, 5) is 27.4. The third kappa shape index (κ3) is 4.83. The molecule has 1 heterocycles. The molecule has 28 heavy (non-hydrogen) atoms. The molecule has 0 aliphatic heterocycles. The van der Waals surface area contributed by atoms with Gasteiger partial charge in [0.2, 0.25) is 0 Å². The summed E-state index contributed by atoms with van der Waals surface area (Å²) in [5.74, 6) is -0.0947. The minimum absolute atomic E-state index is 0.146. The van der Waals surface area contributed by atoms with Crippen molar-refractivity contribution in [2.75, 3.05) is 18.4 Å². The number of thiophene rings is 1. The molecule has 0 saturated carbocycles. The van der Waals surface area contributed by atoms with Gasteiger partial charge in [0.05, 0.1) is 10.4 Å². The first kappa shape index (κ1) is 21.7. The second kappa shape index (κ2) is 9.58. The predicted octanol–water partition coefficient (Wildman–Crippen LogP) is 4.47. The third-order valence-corrected chi connectivity index (χ3v) is 5.65. The number of nitriles is 1. The van der Waals surface area contributed by atoms with E-state index in [4.69, 9.17) is 16.3 Å². The van der Waals surface area contributed by atoms with E-state index in [0.717, 1.165) is 11.3 Å². The predicted molar refractivity (Wildman–Crippen MR) is 111 cm³/mol. The van der Waals surface area contributed by atoms with Crippen LogP contribution in [0.5, 0.6) is 5.75 Å². The molecule has 0 unspecified atom stereocenters. The van der Waals surface area contributed by atoms with Crippen LogP contribution in [0, 0.1) is 18.3 Å². The lowest BCUT2D eigenvalue weighted by molar-refractivity contribution is -0.122. The zero-order valence-corrected chi connectivity index (χ0v) is 17.8. The molecule has 6 nitrogen and oxygen atoms in total. The van der Waals surface area contributed by atoms with Crippen LogP contribution in [0.25, 0.3) is 0 Å². The Hall–Kier alpha value is -2.56. The summed E-state index contributed by atoms with van der Waals surface area (Å²) in [5, 5.41) is 13.1. The number of amides is 2. The van der Waals surface area contributed by atoms with Crippen LogP contribution >= 0.6 is 22.9 Å². The van der Waals surface area contributed by atoms with Crippen LogP contribution in [-0.2, 0) is 4.79 Å². The van der Waals surface area contributed by atoms with Crippen LogP contribution in [0.3, 0.4) is 0 Å². The summed E-state index contributed by atoms with van der Waals surface area (Å²) in [6.45, 7) is 8.25. The Balaban J connectivity index is 2.21. The lowest BCUT2D eigenvalue weighted by Crippen LogP contribution is -2.30. The quantitative estimate of drug-likeness (QED) is 0.717. The minimum atomic E-state index is -0.811. The van der Waals surface area contributed by atoms with Gasteiger partial charge >= 0.3 is 0 Å². The lowest BCUT2D eigenvalue weighted by Gasteiger charge is -2.17. The maximum Gasteiger partial charge on any atom is 0.265 e. The van der Waals surface area contributed by atoms with Crippen LogP contribution in [0.1, 0.15) is 41.6 Å². The van der Waals surface area contributed by atoms with E-state index in [9.17, 15) is 14.9 Å². The molecule has 0 fully saturated rings. The number of hydrogen-bond acceptors (Lipinski definition) is 5. The Morgan fingerprint density at radius 2 is 2.04 bits per heavy atom. The average molecular weight is 420 g/mol. The first-order valence-corrected chi connectivity index (χ1v) is 10.1. The number of carbonyl (C=O) groups is 2. The molecule has 0 radical (unpaired) electrons. The average Bonchev–Trinajstić information content (AvgIpc) is 2.97. The van der Waals surface area contributed by atoms with Crippen LogP contribution in [-0.4, -0.2) is 35.9 Å². The molecule has 2 amide bonds. The van der Waals surface area contributed by atoms with Crippen LogP contribution in [0.2, 0.25) is 5.02 Å². The van der Waals surface area contributed by atoms with Gasteiger partial charge in [-0.15, -0.1) is 11.3 Å². The van der Waals surface area contributed by atoms with Crippen LogP contribution in [0.4, 0.5) is 5.00 Å². The first-order valence-electron chi connectivity index (χ1n) is 8.88. The van der Waals surface area contributed by atoms with Crippen molar-refractivity contribution < 1.29 is 14.3 Å². The molecule has 148 valence electrons. The van der Waals surface area contributed by atoms with E-state index in [2.05, 4.69) is 11.4 Å². The molecule has 0 bridgehead atoms. The van der Waals surface area contributed by atoms with Gasteiger partial charge in [0.1, 0.15) is 16.8 Å². The van der Waals surface area contributed by atoms with E-state index in [1.54, 1.807) is 43.0 Å². The fourth-order valence-electron chi connectivity index (χ4n) is 2.61. The molecule has 0 aliphatic rings. The van der Waals surface area contributed by atoms with Gasteiger partial charge in [-0.05, 0) is 51.5 Å². The molecule has 0 spiro atoms. The molecule has 1 N–H and O–H groups in total. The third-order valence-electron chi connectivity index (χ3n) is 4.22. The molecule has 0 aliphatic carbocycles. The van der Waals surface area contributed by atoms with Gasteiger partial charge in [0.15, 0.2) is 6.10 Å². The number of rotatable bonds is 7. The summed E-state index contributed by atoms with van der Waals surface area (Å²) >= 11 is 7.04. The fraction of sp³-hybridized carbons (Fsp3) is 0.350. The number of anilines is 1. The number of nitrogens with zero attached hydrogens (tertiary/aromatic N) is 2. The molecule has 0 saturated heterocycles. The van der Waals surface area contributed by atoms with Gasteiger partial charge < -0.3 is 15.0 Å². The highest BCUT2D eigenvalue weighted by Gasteiger charge is 2.25. The Kier molecular flexibility index (Phi) is 7.44. The summed E-state index contributed by atoms with van der Waals surface area (Å²) in [5.41, 5.74) is 0.868. The van der Waals surface area contributed by atoms with Crippen LogP contribution < -0.4 is 10.1 Å². The molecule has 8 heteroatoms. The lowest BCUT2D eigenvalue weighted by atomic mass is 10.1. The fourth-order valence-corrected chi connectivity index (χ4v) is 3.91. The zero-order valence-electron chi connectivity index (χ0n) is 16.2. The van der Waals surface area contributed by atoms with Gasteiger partial charge in [-0.2, -0.15) is 5.26 Å². The number of carbonyl (C=O) groups excluding carboxylic acids is 2. The highest BCUT2D eigenvalue weighted by atomic mass is 35.5. The van der Waals surface area contributed by atoms with Gasteiger partial charge in [0, 0.05) is 18.1 Å². The molecule has 1 aromatic carbocycles. The minimum Gasteiger partial charge on any atom is -0.481 e. The largest absolute Gasteiger partial charge is 0.481 e. The Bertz CT molecular complexity index is 916. The molecular formula is C20H22ClN3O3S. The Labute approximate surface area is 173 Å². The van der Waals surface area contributed by atoms with Crippen molar-refractivity contribution in [3.63, 3.8) is 0 Å². The second-order valence-electron chi connectivity index (χ2n) is 6.06. The number of nitrogens with one attached hydrogen (secondary N) is 1. The van der Waals surface area contributed by atoms with Gasteiger partial charge in [-0.3, -0.25) is 9.59 Å². The molecule has 1 atom stereocenters. The summed E-state index contributed by atoms with van der Waals surface area (Å²) in [6.07, 6.45) is -0.811. The number of halogens is 1. The topological polar surface area (TPSA) is 82.4 Å². The maximum atomic E-state index is 12.7. The monoisotopic (exact) mass is 419 g/mol. The molecule has 2 aromatic rings. The van der Waals surface area contributed by atoms with E-state index in [0.29, 0.717) is 44.9 Å². The van der Waals surface area contributed by atoms with Gasteiger partial charge in [0.25, 0.3) is 11.8 Å². The SMILES string of the molecule is CCN(CC)C(=O)c1sc(NC(=O)[C@H](C)Oc2cccc(Cl)c2)c(C#N)c1C. The van der Waals surface area contributed by atoms with Crippen molar-refractivity contribution in [2.24, 2.45) is 0 Å². The van der Waals surface area contributed by atoms with Gasteiger partial charge in [-0.1, -0.05) is 17.7 Å². The van der Waals surface area contributed by atoms with Crippen molar-refractivity contribution in [3.05, 3.63) is 45.3 Å². The van der Waals surface area contributed by atoms with E-state index < -0.39 is 12.0 Å². The van der Waals surface area contributed by atoms with Crippen molar-refractivity contribution in [2.45, 2.75) is 33.8 Å². The Morgan fingerprint density at radius 3 is 2.61 bits per heavy atom. The van der Waals surface area contributed by atoms with Crippen molar-refractivity contribution in [3.8, 4) is 11.8 Å². The summed E-state index contributed by atoms with van der Waals surface area (Å²) in [6, 6.07) is 8.83. The second-order valence-corrected chi connectivity index (χ2v) is 7.51. The highest BCUT2D eigenvalue weighted by molar-refractivity contribution is 7.18. The highest BCUT2D eigenvalue weighted by Crippen LogP contribution is 2.33. The van der Waals surface area contributed by atoms with E-state index in [1.165, 1.54) is 0 Å². The standard InChI is InChI=1S/C20H22ClN3O3S/c1-5-24(6-2)20(26)17-12(3)16(11-22)19(28-17)23-18(25)13(4)27-15-9-7-8-14(21)10-15/h7-10,13H,5-6H2,1-4H3,(H,23,25)/t13-/m0/s1. The van der Waals surface area contributed by atoms with Crippen molar-refractivity contribution in [1.29, 1.82) is 5.26 Å². The Morgan fingerprint density at radius 1 is 1.36 bits per heavy atom. The zero-order chi connectivity index (χ0) is 20.8. The van der Waals surface area contributed by atoms with Gasteiger partial charge in [-0.25, -0.2) is 0 Å². The number of hydrogen-bond donors (Lipinski definition) is 1. The van der Waals surface area contributed by atoms with E-state index in [1.807, 2.05) is 13.8 Å². The van der Waals surface area contributed by atoms with Crippen molar-refractivity contribution in [1.82, 2.24) is 4.90 Å². The number of benzene rings is 1. The van der Waals surface area contributed by atoms with Crippen LogP contribution in [0.15, 0.2) is 24.3 Å². The smallest absolute Gasteiger partial charge is 0.265 e. The normalized spacial score (nSPS) is 11.4. The van der Waals surface area contributed by atoms with Crippen molar-refractivity contribution >= 4 is 39.8 Å². The summed E-state index contributed by atoms with van der Waals surface area (Å²) < 4.78 is 5.61. The first-order chi connectivity index (χ1) is 13.3. The molecule has 1 aromatic heterocycles. The van der Waals surface area contributed by atoms with E-state index >= 15 is 0 Å². The maximum absolute atomic E-state index is 12.7. The summed E-state index contributed by atoms with van der Waals surface area (Å²) in [7, 11) is 0. The number of ether oxygens (including phenoxy) is 1. The molecular weight excluding hydrogens is 398 g/mol. The molecule has 2 rings (SSSR count). The van der Waals surface area contributed by atoms with E-state index in [-0.39, 0.29) is 5.91 Å².